The number of thiocarbonyl (C=S) groups is 1. The van der Waals surface area contributed by atoms with Gasteiger partial charge in [0.25, 0.3) is 0 Å². The number of para-hydroxylation sites is 1. The van der Waals surface area contributed by atoms with E-state index in [-0.39, 0.29) is 12.0 Å². The summed E-state index contributed by atoms with van der Waals surface area (Å²) in [5.41, 5.74) is 2.21. The van der Waals surface area contributed by atoms with E-state index in [0.717, 1.165) is 17.0 Å². The first-order valence-electron chi connectivity index (χ1n) is 7.94. The van der Waals surface area contributed by atoms with E-state index in [4.69, 9.17) is 21.7 Å². The highest BCUT2D eigenvalue weighted by atomic mass is 32.1. The van der Waals surface area contributed by atoms with Crippen LogP contribution in [0.2, 0.25) is 0 Å². The normalized spacial score (nSPS) is 11.3. The zero-order valence-electron chi connectivity index (χ0n) is 14.5. The molecule has 132 valence electrons. The van der Waals surface area contributed by atoms with E-state index < -0.39 is 0 Å². The van der Waals surface area contributed by atoms with Crippen LogP contribution in [0.5, 0.6) is 5.75 Å². The summed E-state index contributed by atoms with van der Waals surface area (Å²) in [4.78, 5) is 11.6. The van der Waals surface area contributed by atoms with E-state index in [0.29, 0.717) is 17.3 Å². The molecule has 0 amide bonds. The molecular formula is C19H22N2O3S. The molecule has 0 aromatic heterocycles. The molecular weight excluding hydrogens is 336 g/mol. The van der Waals surface area contributed by atoms with Crippen molar-refractivity contribution in [2.45, 2.75) is 19.9 Å². The van der Waals surface area contributed by atoms with Gasteiger partial charge < -0.3 is 20.1 Å². The second-order valence-electron chi connectivity index (χ2n) is 5.64. The summed E-state index contributed by atoms with van der Waals surface area (Å²) in [7, 11) is 1.36. The third kappa shape index (κ3) is 5.76. The highest BCUT2D eigenvalue weighted by Gasteiger charge is 2.10. The number of hydrogen-bond acceptors (Lipinski definition) is 4. The van der Waals surface area contributed by atoms with Gasteiger partial charge in [-0.2, -0.15) is 0 Å². The molecule has 0 spiro atoms. The van der Waals surface area contributed by atoms with E-state index >= 15 is 0 Å². The van der Waals surface area contributed by atoms with Gasteiger partial charge in [0.1, 0.15) is 12.4 Å². The first kappa shape index (κ1) is 18.7. The monoisotopic (exact) mass is 358 g/mol. The lowest BCUT2D eigenvalue weighted by atomic mass is 10.1. The predicted octanol–water partition coefficient (Wildman–Crippen LogP) is 3.54. The van der Waals surface area contributed by atoms with Crippen LogP contribution in [0.15, 0.2) is 48.5 Å². The zero-order valence-corrected chi connectivity index (χ0v) is 15.4. The van der Waals surface area contributed by atoms with Crippen LogP contribution in [0.1, 0.15) is 22.8 Å². The van der Waals surface area contributed by atoms with Gasteiger partial charge in [-0.1, -0.05) is 24.3 Å². The fraction of sp³-hybridized carbons (Fsp3) is 0.263. The van der Waals surface area contributed by atoms with Gasteiger partial charge in [0.15, 0.2) is 5.11 Å². The van der Waals surface area contributed by atoms with Gasteiger partial charge in [0.2, 0.25) is 0 Å². The lowest BCUT2D eigenvalue weighted by Gasteiger charge is -2.18. The van der Waals surface area contributed by atoms with Crippen LogP contribution >= 0.6 is 12.2 Å². The minimum Gasteiger partial charge on any atom is -0.491 e. The second-order valence-corrected chi connectivity index (χ2v) is 6.05. The van der Waals surface area contributed by atoms with Crippen molar-refractivity contribution in [1.29, 1.82) is 0 Å². The number of methoxy groups -OCH3 is 1. The topological polar surface area (TPSA) is 59.6 Å². The summed E-state index contributed by atoms with van der Waals surface area (Å²) in [5, 5.41) is 6.75. The van der Waals surface area contributed by atoms with Crippen molar-refractivity contribution in [3.05, 3.63) is 59.7 Å². The number of rotatable bonds is 6. The number of esters is 1. The Balaban J connectivity index is 1.90. The summed E-state index contributed by atoms with van der Waals surface area (Å²) in [6, 6.07) is 14.9. The summed E-state index contributed by atoms with van der Waals surface area (Å²) in [5.74, 6) is 0.434. The Kier molecular flexibility index (Phi) is 6.77. The molecule has 0 heterocycles. The van der Waals surface area contributed by atoms with E-state index in [1.807, 2.05) is 50.2 Å². The standard InChI is InChI=1S/C19H22N2O3S/c1-13-9-10-15(18(22)23-3)11-17(13)21-19(25)20-14(2)12-24-16-7-5-4-6-8-16/h4-11,14H,12H2,1-3H3,(H2,20,21,25). The molecule has 0 aliphatic carbocycles. The van der Waals surface area contributed by atoms with Crippen molar-refractivity contribution >= 4 is 29.0 Å². The average molecular weight is 358 g/mol. The maximum atomic E-state index is 11.6. The van der Waals surface area contributed by atoms with Crippen LogP contribution < -0.4 is 15.4 Å². The highest BCUT2D eigenvalue weighted by molar-refractivity contribution is 7.80. The fourth-order valence-electron chi connectivity index (χ4n) is 2.16. The number of aryl methyl sites for hydroxylation is 1. The van der Waals surface area contributed by atoms with Gasteiger partial charge >= 0.3 is 5.97 Å². The summed E-state index contributed by atoms with van der Waals surface area (Å²) in [6.07, 6.45) is 0. The Bertz CT molecular complexity index is 735. The fourth-order valence-corrected chi connectivity index (χ4v) is 2.47. The lowest BCUT2D eigenvalue weighted by molar-refractivity contribution is 0.0601. The zero-order chi connectivity index (χ0) is 18.2. The van der Waals surface area contributed by atoms with Gasteiger partial charge in [-0.3, -0.25) is 0 Å². The molecule has 0 saturated heterocycles. The van der Waals surface area contributed by atoms with E-state index in [9.17, 15) is 4.79 Å². The number of carbonyl (C=O) groups is 1. The SMILES string of the molecule is COC(=O)c1ccc(C)c(NC(=S)NC(C)COc2ccccc2)c1. The number of nitrogens with one attached hydrogen (secondary N) is 2. The molecule has 2 N–H and O–H groups in total. The summed E-state index contributed by atoms with van der Waals surface area (Å²) >= 11 is 5.35. The summed E-state index contributed by atoms with van der Waals surface area (Å²) in [6.45, 7) is 4.40. The number of carbonyl (C=O) groups excluding carboxylic acids is 1. The first-order valence-corrected chi connectivity index (χ1v) is 8.34. The minimum absolute atomic E-state index is 0.0179. The maximum Gasteiger partial charge on any atom is 0.337 e. The Morgan fingerprint density at radius 3 is 2.60 bits per heavy atom. The van der Waals surface area contributed by atoms with Gasteiger partial charge in [-0.05, 0) is 55.9 Å². The number of benzene rings is 2. The number of hydrogen-bond donors (Lipinski definition) is 2. The Labute approximate surface area is 153 Å². The molecule has 2 rings (SSSR count). The van der Waals surface area contributed by atoms with Crippen molar-refractivity contribution in [3.8, 4) is 5.75 Å². The van der Waals surface area contributed by atoms with Crippen molar-refractivity contribution in [1.82, 2.24) is 5.32 Å². The highest BCUT2D eigenvalue weighted by Crippen LogP contribution is 2.17. The molecule has 0 fully saturated rings. The van der Waals surface area contributed by atoms with Gasteiger partial charge in [0, 0.05) is 5.69 Å². The molecule has 1 unspecified atom stereocenters. The average Bonchev–Trinajstić information content (AvgIpc) is 2.62. The molecule has 5 nitrogen and oxygen atoms in total. The second kappa shape index (κ2) is 9.03. The Morgan fingerprint density at radius 2 is 1.92 bits per heavy atom. The third-order valence-electron chi connectivity index (χ3n) is 3.53. The summed E-state index contributed by atoms with van der Waals surface area (Å²) < 4.78 is 10.4. The maximum absolute atomic E-state index is 11.6. The van der Waals surface area contributed by atoms with Crippen LogP contribution in [0.25, 0.3) is 0 Å². The number of ether oxygens (including phenoxy) is 2. The molecule has 0 saturated carbocycles. The van der Waals surface area contributed by atoms with Crippen molar-refractivity contribution in [3.63, 3.8) is 0 Å². The quantitative estimate of drug-likeness (QED) is 0.608. The van der Waals surface area contributed by atoms with Crippen molar-refractivity contribution < 1.29 is 14.3 Å². The third-order valence-corrected chi connectivity index (χ3v) is 3.75. The van der Waals surface area contributed by atoms with Crippen LogP contribution in [0, 0.1) is 6.92 Å². The molecule has 0 bridgehead atoms. The van der Waals surface area contributed by atoms with E-state index in [1.165, 1.54) is 7.11 Å². The number of anilines is 1. The largest absolute Gasteiger partial charge is 0.491 e. The molecule has 1 atom stereocenters. The Hall–Kier alpha value is -2.60. The minimum atomic E-state index is -0.383. The van der Waals surface area contributed by atoms with Crippen LogP contribution in [0.4, 0.5) is 5.69 Å². The van der Waals surface area contributed by atoms with E-state index in [2.05, 4.69) is 10.6 Å². The van der Waals surface area contributed by atoms with Crippen LogP contribution in [-0.4, -0.2) is 30.8 Å². The molecule has 0 aliphatic heterocycles. The Morgan fingerprint density at radius 1 is 1.20 bits per heavy atom. The van der Waals surface area contributed by atoms with Gasteiger partial charge in [-0.25, -0.2) is 4.79 Å². The predicted molar refractivity (Wildman–Crippen MR) is 103 cm³/mol. The molecule has 2 aromatic rings. The van der Waals surface area contributed by atoms with Gasteiger partial charge in [0.05, 0.1) is 18.7 Å². The van der Waals surface area contributed by atoms with Crippen LogP contribution in [0.3, 0.4) is 0 Å². The van der Waals surface area contributed by atoms with Crippen molar-refractivity contribution in [2.75, 3.05) is 19.0 Å². The molecule has 25 heavy (non-hydrogen) atoms. The lowest BCUT2D eigenvalue weighted by Crippen LogP contribution is -2.39. The van der Waals surface area contributed by atoms with E-state index in [1.54, 1.807) is 12.1 Å². The first-order chi connectivity index (χ1) is 12.0. The molecule has 2 aromatic carbocycles. The molecule has 0 aliphatic rings. The van der Waals surface area contributed by atoms with Crippen LogP contribution in [-0.2, 0) is 4.74 Å². The molecule has 0 radical (unpaired) electrons. The smallest absolute Gasteiger partial charge is 0.337 e. The van der Waals surface area contributed by atoms with Crippen molar-refractivity contribution in [2.24, 2.45) is 0 Å². The van der Waals surface area contributed by atoms with Gasteiger partial charge in [-0.15, -0.1) is 0 Å². The molecule has 6 heteroatoms.